The van der Waals surface area contributed by atoms with E-state index in [9.17, 15) is 9.59 Å². The number of hydrogen-bond acceptors (Lipinski definition) is 3. The summed E-state index contributed by atoms with van der Waals surface area (Å²) in [4.78, 5) is 27.4. The molecule has 3 aromatic rings. The predicted octanol–water partition coefficient (Wildman–Crippen LogP) is 4.86. The van der Waals surface area contributed by atoms with Gasteiger partial charge in [0.2, 0.25) is 5.91 Å². The van der Waals surface area contributed by atoms with Gasteiger partial charge in [-0.05, 0) is 53.2 Å². The number of rotatable bonds is 5. The minimum Gasteiger partial charge on any atom is -0.638 e. The van der Waals surface area contributed by atoms with Gasteiger partial charge in [0, 0.05) is 17.3 Å². The summed E-state index contributed by atoms with van der Waals surface area (Å²) in [5.41, 5.74) is 9.12. The Morgan fingerprint density at radius 2 is 1.97 bits per heavy atom. The number of nitrogens with zero attached hydrogens (tertiary/aromatic N) is 2. The van der Waals surface area contributed by atoms with Crippen molar-refractivity contribution < 1.29 is 14.3 Å². The van der Waals surface area contributed by atoms with Crippen LogP contribution in [0.5, 0.6) is 5.75 Å². The Labute approximate surface area is 192 Å². The van der Waals surface area contributed by atoms with E-state index >= 15 is 0 Å². The molecular weight excluding hydrogens is 414 g/mol. The van der Waals surface area contributed by atoms with Gasteiger partial charge in [-0.25, -0.2) is 0 Å². The molecule has 2 heterocycles. The van der Waals surface area contributed by atoms with E-state index in [0.717, 1.165) is 33.9 Å². The fourth-order valence-electron chi connectivity index (χ4n) is 4.52. The second kappa shape index (κ2) is 8.56. The van der Waals surface area contributed by atoms with Gasteiger partial charge in [0.15, 0.2) is 0 Å². The number of nitrogens with two attached hydrogens (primary N) is 1. The number of benzene rings is 3. The van der Waals surface area contributed by atoms with E-state index in [1.54, 1.807) is 23.1 Å². The van der Waals surface area contributed by atoms with Crippen LogP contribution in [0.25, 0.3) is 21.7 Å². The van der Waals surface area contributed by atoms with Crippen molar-refractivity contribution in [3.63, 3.8) is 0 Å². The molecule has 2 aliphatic heterocycles. The van der Waals surface area contributed by atoms with Crippen LogP contribution in [0.2, 0.25) is 0 Å². The van der Waals surface area contributed by atoms with Crippen LogP contribution in [-0.4, -0.2) is 36.0 Å². The van der Waals surface area contributed by atoms with Crippen LogP contribution in [0.4, 0.5) is 0 Å². The molecule has 0 radical (unpaired) electrons. The third kappa shape index (κ3) is 3.68. The Bertz CT molecular complexity index is 1330. The summed E-state index contributed by atoms with van der Waals surface area (Å²) < 4.78 is 5.85. The predicted molar refractivity (Wildman–Crippen MR) is 129 cm³/mol. The summed E-state index contributed by atoms with van der Waals surface area (Å²) in [7, 11) is 0. The Morgan fingerprint density at radius 1 is 1.12 bits per heavy atom. The summed E-state index contributed by atoms with van der Waals surface area (Å²) in [6.07, 6.45) is 4.36. The number of amides is 2. The normalized spacial score (nSPS) is 17.4. The first-order valence-corrected chi connectivity index (χ1v) is 11.0. The lowest BCUT2D eigenvalue weighted by molar-refractivity contribution is 0.0808. The Morgan fingerprint density at radius 3 is 2.79 bits per heavy atom. The number of hydrogen-bond donors (Lipinski definition) is 1. The second-order valence-electron chi connectivity index (χ2n) is 8.02. The molecule has 6 heteroatoms. The third-order valence-corrected chi connectivity index (χ3v) is 6.01. The number of ether oxygens (including phenoxy) is 1. The fraction of sp³-hybridized carbons (Fsp3) is 0.185. The van der Waals surface area contributed by atoms with Gasteiger partial charge in [-0.1, -0.05) is 55.0 Å². The molecule has 5 rings (SSSR count). The van der Waals surface area contributed by atoms with Crippen molar-refractivity contribution in [2.45, 2.75) is 19.5 Å². The number of carbonyl (C=O) groups is 2. The zero-order valence-electron chi connectivity index (χ0n) is 18.3. The average molecular weight is 439 g/mol. The lowest BCUT2D eigenvalue weighted by Gasteiger charge is -2.40. The van der Waals surface area contributed by atoms with Crippen molar-refractivity contribution in [3.8, 4) is 5.75 Å². The van der Waals surface area contributed by atoms with Crippen molar-refractivity contribution in [2.75, 3.05) is 13.2 Å². The van der Waals surface area contributed by atoms with Crippen molar-refractivity contribution in [1.29, 1.82) is 0 Å². The Balaban J connectivity index is 1.64. The molecule has 2 aliphatic rings. The lowest BCUT2D eigenvalue weighted by atomic mass is 9.95. The molecule has 0 fully saturated rings. The van der Waals surface area contributed by atoms with E-state index in [1.165, 1.54) is 0 Å². The number of carbonyl (C=O) groups excluding carboxylic acids is 2. The van der Waals surface area contributed by atoms with Crippen molar-refractivity contribution in [2.24, 2.45) is 5.73 Å². The first-order valence-electron chi connectivity index (χ1n) is 11.0. The van der Waals surface area contributed by atoms with Gasteiger partial charge in [0.25, 0.3) is 5.91 Å². The van der Waals surface area contributed by atoms with Crippen LogP contribution in [-0.2, 0) is 0 Å². The summed E-state index contributed by atoms with van der Waals surface area (Å²) in [5, 5.41) is 6.57. The minimum absolute atomic E-state index is 0.169. The third-order valence-electron chi connectivity index (χ3n) is 6.01. The average Bonchev–Trinajstić information content (AvgIpc) is 3.23. The Hall–Kier alpha value is -3.90. The summed E-state index contributed by atoms with van der Waals surface area (Å²) >= 11 is 0. The molecule has 1 unspecified atom stereocenters. The van der Waals surface area contributed by atoms with Gasteiger partial charge in [-0.15, -0.1) is 6.54 Å². The molecule has 6 nitrogen and oxygen atoms in total. The second-order valence-corrected chi connectivity index (χ2v) is 8.02. The highest BCUT2D eigenvalue weighted by molar-refractivity contribution is 6.11. The lowest BCUT2D eigenvalue weighted by Crippen LogP contribution is -2.35. The summed E-state index contributed by atoms with van der Waals surface area (Å²) in [6, 6.07) is 18.8. The molecule has 166 valence electrons. The highest BCUT2D eigenvalue weighted by atomic mass is 16.5. The van der Waals surface area contributed by atoms with Gasteiger partial charge >= 0.3 is 0 Å². The first kappa shape index (κ1) is 21.0. The van der Waals surface area contributed by atoms with Crippen LogP contribution in [0.1, 0.15) is 39.6 Å². The maximum absolute atomic E-state index is 14.0. The first-order chi connectivity index (χ1) is 16.1. The van der Waals surface area contributed by atoms with E-state index in [2.05, 4.69) is 6.08 Å². The van der Waals surface area contributed by atoms with Crippen LogP contribution >= 0.6 is 0 Å². The molecule has 0 aromatic heterocycles. The molecule has 0 bridgehead atoms. The minimum atomic E-state index is -0.487. The smallest absolute Gasteiger partial charge is 0.261 e. The van der Waals surface area contributed by atoms with E-state index in [4.69, 9.17) is 15.8 Å². The monoisotopic (exact) mass is 438 g/mol. The highest BCUT2D eigenvalue weighted by Gasteiger charge is 2.32. The van der Waals surface area contributed by atoms with Gasteiger partial charge in [-0.3, -0.25) is 9.59 Å². The maximum Gasteiger partial charge on any atom is 0.261 e. The van der Waals surface area contributed by atoms with Gasteiger partial charge in [-0.2, -0.15) is 0 Å². The number of primary amides is 1. The highest BCUT2D eigenvalue weighted by Crippen LogP contribution is 2.42. The largest absolute Gasteiger partial charge is 0.638 e. The zero-order chi connectivity index (χ0) is 22.9. The van der Waals surface area contributed by atoms with Gasteiger partial charge in [0.05, 0.1) is 12.2 Å². The topological polar surface area (TPSA) is 86.7 Å². The summed E-state index contributed by atoms with van der Waals surface area (Å²) in [6.45, 7) is 3.01. The molecule has 0 saturated carbocycles. The van der Waals surface area contributed by atoms with E-state index in [0.29, 0.717) is 30.0 Å². The molecule has 1 atom stereocenters. The van der Waals surface area contributed by atoms with Gasteiger partial charge in [0.1, 0.15) is 5.75 Å². The quantitative estimate of drug-likeness (QED) is 0.617. The van der Waals surface area contributed by atoms with Crippen molar-refractivity contribution >= 4 is 28.2 Å². The standard InChI is InChI=1S/C27H24N3O3/c1-2-33-23-13-12-17-7-3-4-10-20(17)24(23)27(32)30-16-22(21-11-6-14-29-26(21)30)18-8-5-9-19(15-18)25(28)31/h3-5,7-13,15-16,26H,2,6,14H2,1H3,(H2,28,31)/q-1. The van der Waals surface area contributed by atoms with E-state index in [-0.39, 0.29) is 5.91 Å². The zero-order valence-corrected chi connectivity index (χ0v) is 18.3. The van der Waals surface area contributed by atoms with Gasteiger partial charge < -0.3 is 20.7 Å². The molecule has 0 aliphatic carbocycles. The van der Waals surface area contributed by atoms with Crippen molar-refractivity contribution in [1.82, 2.24) is 4.90 Å². The molecule has 2 N–H and O–H groups in total. The molecule has 3 aromatic carbocycles. The molecule has 2 amide bonds. The van der Waals surface area contributed by atoms with Crippen molar-refractivity contribution in [3.05, 3.63) is 101 Å². The van der Waals surface area contributed by atoms with Crippen LogP contribution < -0.4 is 10.5 Å². The maximum atomic E-state index is 14.0. The van der Waals surface area contributed by atoms with Crippen LogP contribution in [0, 0.1) is 0 Å². The molecule has 0 spiro atoms. The van der Waals surface area contributed by atoms with E-state index in [1.807, 2.05) is 55.6 Å². The molecular formula is C27H24N3O3-. The SMILES string of the molecule is CCOc1ccc2ccccc2c1C(=O)N1C=C(c2cccc(C(N)=O)c2)C2=CCC[N-]C21. The fourth-order valence-corrected chi connectivity index (χ4v) is 4.52. The van der Waals surface area contributed by atoms with E-state index < -0.39 is 12.1 Å². The molecule has 0 saturated heterocycles. The van der Waals surface area contributed by atoms with Crippen LogP contribution in [0.3, 0.4) is 0 Å². The Kier molecular flexibility index (Phi) is 5.44. The molecule has 33 heavy (non-hydrogen) atoms. The van der Waals surface area contributed by atoms with Crippen LogP contribution in [0.15, 0.2) is 78.5 Å². The number of fused-ring (bicyclic) bond motifs is 2. The summed E-state index contributed by atoms with van der Waals surface area (Å²) in [5.74, 6) is -0.0997.